The van der Waals surface area contributed by atoms with Crippen LogP contribution in [0.25, 0.3) is 0 Å². The highest BCUT2D eigenvalue weighted by molar-refractivity contribution is 5.62. The zero-order valence-electron chi connectivity index (χ0n) is 14.8. The van der Waals surface area contributed by atoms with Gasteiger partial charge in [0.2, 0.25) is 0 Å². The van der Waals surface area contributed by atoms with Crippen molar-refractivity contribution in [3.63, 3.8) is 0 Å². The van der Waals surface area contributed by atoms with Crippen molar-refractivity contribution in [3.8, 4) is 0 Å². The Morgan fingerprint density at radius 1 is 1.10 bits per heavy atom. The lowest BCUT2D eigenvalue weighted by molar-refractivity contribution is -0.134. The van der Waals surface area contributed by atoms with Gasteiger partial charge in [-0.1, -0.05) is 0 Å². The van der Waals surface area contributed by atoms with E-state index in [-0.39, 0.29) is 6.15 Å². The Bertz CT molecular complexity index is 175. The Hall–Kier alpha value is -0.730. The summed E-state index contributed by atoms with van der Waals surface area (Å²) in [7, 11) is 8.17. The van der Waals surface area contributed by atoms with E-state index < -0.39 is 5.97 Å². The minimum absolute atomic E-state index is 0. The number of carboxylic acids is 1. The molecule has 0 aromatic rings. The molecular formula is C14H39N5O2. The molecule has 1 heterocycles. The first kappa shape index (κ1) is 28.4. The normalized spacial score (nSPS) is 12.8. The summed E-state index contributed by atoms with van der Waals surface area (Å²) in [4.78, 5) is 13.4. The van der Waals surface area contributed by atoms with Crippen LogP contribution in [0.1, 0.15) is 32.6 Å². The van der Waals surface area contributed by atoms with E-state index in [0.29, 0.717) is 0 Å². The maximum absolute atomic E-state index is 9.00. The Morgan fingerprint density at radius 2 is 1.33 bits per heavy atom. The van der Waals surface area contributed by atoms with Gasteiger partial charge < -0.3 is 32.5 Å². The molecule has 7 heteroatoms. The highest BCUT2D eigenvalue weighted by atomic mass is 16.4. The van der Waals surface area contributed by atoms with Crippen molar-refractivity contribution in [1.82, 2.24) is 16.0 Å². The SMILES string of the molecule is CC(=O)O.CN(C)C.CN1CCCC1.N.NCCCCN. The van der Waals surface area contributed by atoms with Crippen molar-refractivity contribution >= 4 is 5.97 Å². The van der Waals surface area contributed by atoms with Crippen LogP contribution in [0.15, 0.2) is 0 Å². The van der Waals surface area contributed by atoms with E-state index in [0.717, 1.165) is 32.9 Å². The van der Waals surface area contributed by atoms with Gasteiger partial charge in [-0.15, -0.1) is 0 Å². The smallest absolute Gasteiger partial charge is 0.300 e. The number of unbranched alkanes of at least 4 members (excludes halogenated alkanes) is 1. The molecule has 0 spiro atoms. The number of hydrogen-bond acceptors (Lipinski definition) is 6. The molecule has 1 rings (SSSR count). The fraction of sp³-hybridized carbons (Fsp3) is 0.929. The standard InChI is InChI=1S/C5H11N.C4H12N2.C3H9N.C2H4O2.H3N/c1-6-4-2-3-5-6;5-3-1-2-4-6;1-4(2)3;1-2(3)4;/h2-5H2,1H3;1-6H2;1-3H3;1H3,(H,3,4);1H3. The second kappa shape index (κ2) is 24.3. The van der Waals surface area contributed by atoms with Crippen molar-refractivity contribution in [2.24, 2.45) is 11.5 Å². The topological polar surface area (TPSA) is 131 Å². The van der Waals surface area contributed by atoms with E-state index in [1.807, 2.05) is 26.0 Å². The molecule has 1 fully saturated rings. The summed E-state index contributed by atoms with van der Waals surface area (Å²) in [5.41, 5.74) is 10.3. The molecule has 0 atom stereocenters. The molecule has 0 bridgehead atoms. The number of carbonyl (C=O) groups is 1. The molecule has 0 saturated carbocycles. The fourth-order valence-corrected chi connectivity index (χ4v) is 1.16. The van der Waals surface area contributed by atoms with Crippen molar-refractivity contribution < 1.29 is 9.90 Å². The lowest BCUT2D eigenvalue weighted by atomic mass is 10.3. The minimum atomic E-state index is -0.833. The molecule has 8 N–H and O–H groups in total. The van der Waals surface area contributed by atoms with Gasteiger partial charge in [0, 0.05) is 6.92 Å². The second-order valence-electron chi connectivity index (χ2n) is 5.16. The van der Waals surface area contributed by atoms with Crippen LogP contribution >= 0.6 is 0 Å². The Balaban J connectivity index is -0.0000000923. The van der Waals surface area contributed by atoms with Crippen LogP contribution in [0.5, 0.6) is 0 Å². The van der Waals surface area contributed by atoms with Crippen LogP contribution in [0.2, 0.25) is 0 Å². The summed E-state index contributed by atoms with van der Waals surface area (Å²) in [5.74, 6) is -0.833. The third kappa shape index (κ3) is 66.9. The molecular weight excluding hydrogens is 270 g/mol. The van der Waals surface area contributed by atoms with Gasteiger partial charge in [-0.2, -0.15) is 0 Å². The van der Waals surface area contributed by atoms with Crippen LogP contribution in [0.3, 0.4) is 0 Å². The molecule has 0 amide bonds. The van der Waals surface area contributed by atoms with Crippen LogP contribution in [-0.4, -0.2) is 75.2 Å². The van der Waals surface area contributed by atoms with E-state index in [1.165, 1.54) is 25.9 Å². The summed E-state index contributed by atoms with van der Waals surface area (Å²) in [5, 5.41) is 7.42. The number of likely N-dealkylation sites (tertiary alicyclic amines) is 1. The number of rotatable bonds is 3. The molecule has 1 aliphatic rings. The van der Waals surface area contributed by atoms with Gasteiger partial charge in [0.15, 0.2) is 0 Å². The van der Waals surface area contributed by atoms with E-state index in [1.54, 1.807) is 0 Å². The van der Waals surface area contributed by atoms with Crippen LogP contribution < -0.4 is 17.6 Å². The third-order valence-electron chi connectivity index (χ3n) is 1.99. The van der Waals surface area contributed by atoms with Gasteiger partial charge >= 0.3 is 0 Å². The molecule has 132 valence electrons. The predicted molar refractivity (Wildman–Crippen MR) is 92.0 cm³/mol. The number of nitrogens with two attached hydrogens (primary N) is 2. The maximum atomic E-state index is 9.00. The average Bonchev–Trinajstić information content (AvgIpc) is 2.77. The number of nitrogens with zero attached hydrogens (tertiary/aromatic N) is 2. The minimum Gasteiger partial charge on any atom is -0.481 e. The molecule has 0 aliphatic carbocycles. The predicted octanol–water partition coefficient (Wildman–Crippen LogP) is 0.827. The van der Waals surface area contributed by atoms with Crippen LogP contribution in [0, 0.1) is 0 Å². The van der Waals surface area contributed by atoms with E-state index >= 15 is 0 Å². The first-order chi connectivity index (χ1) is 9.27. The van der Waals surface area contributed by atoms with E-state index in [9.17, 15) is 0 Å². The van der Waals surface area contributed by atoms with Crippen molar-refractivity contribution in [2.75, 3.05) is 54.4 Å². The van der Waals surface area contributed by atoms with Gasteiger partial charge in [-0.25, -0.2) is 0 Å². The highest BCUT2D eigenvalue weighted by Crippen LogP contribution is 2.02. The molecule has 0 unspecified atom stereocenters. The summed E-state index contributed by atoms with van der Waals surface area (Å²) < 4.78 is 0. The zero-order chi connectivity index (χ0) is 16.4. The van der Waals surface area contributed by atoms with Crippen LogP contribution in [0.4, 0.5) is 0 Å². The van der Waals surface area contributed by atoms with Gasteiger partial charge in [0.1, 0.15) is 0 Å². The Morgan fingerprint density at radius 3 is 1.43 bits per heavy atom. The van der Waals surface area contributed by atoms with E-state index in [4.69, 9.17) is 21.4 Å². The molecule has 0 aromatic heterocycles. The Kier molecular flexibility index (Phi) is 32.9. The highest BCUT2D eigenvalue weighted by Gasteiger charge is 2.03. The largest absolute Gasteiger partial charge is 0.481 e. The van der Waals surface area contributed by atoms with Gasteiger partial charge in [0.25, 0.3) is 5.97 Å². The first-order valence-electron chi connectivity index (χ1n) is 7.17. The molecule has 1 saturated heterocycles. The molecule has 0 aromatic carbocycles. The number of hydrogen-bond donors (Lipinski definition) is 4. The molecule has 21 heavy (non-hydrogen) atoms. The zero-order valence-corrected chi connectivity index (χ0v) is 14.8. The molecule has 7 nitrogen and oxygen atoms in total. The fourth-order valence-electron chi connectivity index (χ4n) is 1.16. The quantitative estimate of drug-likeness (QED) is 0.568. The average molecular weight is 309 g/mol. The van der Waals surface area contributed by atoms with Crippen LogP contribution in [-0.2, 0) is 4.79 Å². The lowest BCUT2D eigenvalue weighted by Crippen LogP contribution is -2.10. The lowest BCUT2D eigenvalue weighted by Gasteiger charge is -2.01. The van der Waals surface area contributed by atoms with Crippen molar-refractivity contribution in [1.29, 1.82) is 0 Å². The van der Waals surface area contributed by atoms with Crippen molar-refractivity contribution in [2.45, 2.75) is 32.6 Å². The third-order valence-corrected chi connectivity index (χ3v) is 1.99. The molecule has 0 radical (unpaired) electrons. The summed E-state index contributed by atoms with van der Waals surface area (Å²) in [6, 6.07) is 0. The number of aliphatic carboxylic acids is 1. The van der Waals surface area contributed by atoms with Crippen molar-refractivity contribution in [3.05, 3.63) is 0 Å². The monoisotopic (exact) mass is 309 g/mol. The summed E-state index contributed by atoms with van der Waals surface area (Å²) >= 11 is 0. The second-order valence-corrected chi connectivity index (χ2v) is 5.16. The molecule has 1 aliphatic heterocycles. The van der Waals surface area contributed by atoms with Gasteiger partial charge in [-0.05, 0) is 80.1 Å². The van der Waals surface area contributed by atoms with Gasteiger partial charge in [-0.3, -0.25) is 4.79 Å². The summed E-state index contributed by atoms with van der Waals surface area (Å²) in [6.45, 7) is 5.27. The van der Waals surface area contributed by atoms with E-state index in [2.05, 4.69) is 11.9 Å². The summed E-state index contributed by atoms with van der Waals surface area (Å²) in [6.07, 6.45) is 4.96. The Labute approximate surface area is 131 Å². The maximum Gasteiger partial charge on any atom is 0.300 e. The number of carboxylic acid groups (broad SMARTS) is 1. The van der Waals surface area contributed by atoms with Gasteiger partial charge in [0.05, 0.1) is 0 Å². The first-order valence-corrected chi connectivity index (χ1v) is 7.17.